The van der Waals surface area contributed by atoms with Crippen LogP contribution in [0.2, 0.25) is 5.02 Å². The minimum atomic E-state index is 0.348. The molecule has 1 aromatic rings. The molecule has 1 aliphatic heterocycles. The van der Waals surface area contributed by atoms with Crippen molar-refractivity contribution in [3.05, 3.63) is 34.3 Å². The maximum Gasteiger partial charge on any atom is 0.101 e. The molecule has 2 rings (SSSR count). The van der Waals surface area contributed by atoms with Gasteiger partial charge in [0.1, 0.15) is 6.07 Å². The van der Waals surface area contributed by atoms with Gasteiger partial charge in [0, 0.05) is 6.04 Å². The Bertz CT molecular complexity index is 364. The summed E-state index contributed by atoms with van der Waals surface area (Å²) in [6.45, 7) is 1.04. The number of nitrogens with zero attached hydrogens (tertiary/aromatic N) is 1. The molecule has 1 aliphatic rings. The van der Waals surface area contributed by atoms with Crippen LogP contribution in [0, 0.1) is 11.3 Å². The second kappa shape index (κ2) is 3.37. The van der Waals surface area contributed by atoms with E-state index < -0.39 is 0 Å². The summed E-state index contributed by atoms with van der Waals surface area (Å²) in [6, 6.07) is 8.01. The van der Waals surface area contributed by atoms with Gasteiger partial charge in [-0.2, -0.15) is 5.26 Å². The molecule has 13 heavy (non-hydrogen) atoms. The van der Waals surface area contributed by atoms with Crippen molar-refractivity contribution in [2.45, 2.75) is 12.5 Å². The number of rotatable bonds is 1. The van der Waals surface area contributed by atoms with Crippen molar-refractivity contribution in [2.75, 3.05) is 6.54 Å². The van der Waals surface area contributed by atoms with Gasteiger partial charge < -0.3 is 5.32 Å². The molecule has 1 N–H and O–H groups in total. The number of nitriles is 1. The second-order valence-corrected chi connectivity index (χ2v) is 3.49. The summed E-state index contributed by atoms with van der Waals surface area (Å²) in [5.74, 6) is 0. The van der Waals surface area contributed by atoms with Crippen LogP contribution >= 0.6 is 11.6 Å². The molecule has 0 aromatic heterocycles. The maximum atomic E-state index is 8.76. The van der Waals surface area contributed by atoms with Crippen molar-refractivity contribution in [1.82, 2.24) is 5.32 Å². The number of benzene rings is 1. The Kier molecular flexibility index (Phi) is 2.22. The van der Waals surface area contributed by atoms with Crippen molar-refractivity contribution in [1.29, 1.82) is 5.26 Å². The van der Waals surface area contributed by atoms with Crippen molar-refractivity contribution in [3.63, 3.8) is 0 Å². The fourth-order valence-electron chi connectivity index (χ4n) is 1.46. The SMILES string of the molecule is N#Cc1cccc([C@@H]2CCN2)c1Cl. The number of hydrogen-bond donors (Lipinski definition) is 1. The van der Waals surface area contributed by atoms with Crippen molar-refractivity contribution in [3.8, 4) is 6.07 Å². The monoisotopic (exact) mass is 192 g/mol. The average molecular weight is 193 g/mol. The summed E-state index contributed by atoms with van der Waals surface area (Å²) in [5.41, 5.74) is 1.61. The molecular weight excluding hydrogens is 184 g/mol. The van der Waals surface area contributed by atoms with E-state index in [1.54, 1.807) is 6.07 Å². The summed E-state index contributed by atoms with van der Waals surface area (Å²) in [7, 11) is 0. The van der Waals surface area contributed by atoms with Gasteiger partial charge in [-0.3, -0.25) is 0 Å². The van der Waals surface area contributed by atoms with Gasteiger partial charge in [-0.25, -0.2) is 0 Å². The van der Waals surface area contributed by atoms with Gasteiger partial charge in [-0.1, -0.05) is 23.7 Å². The fraction of sp³-hybridized carbons (Fsp3) is 0.300. The molecule has 0 aliphatic carbocycles. The summed E-state index contributed by atoms with van der Waals surface area (Å²) < 4.78 is 0. The molecule has 1 saturated heterocycles. The lowest BCUT2D eigenvalue weighted by Crippen LogP contribution is -2.35. The van der Waals surface area contributed by atoms with Gasteiger partial charge >= 0.3 is 0 Å². The quantitative estimate of drug-likeness (QED) is 0.741. The van der Waals surface area contributed by atoms with Crippen LogP contribution < -0.4 is 5.32 Å². The largest absolute Gasteiger partial charge is 0.310 e. The molecule has 0 bridgehead atoms. The highest BCUT2D eigenvalue weighted by Crippen LogP contribution is 2.30. The predicted octanol–water partition coefficient (Wildman–Crippen LogP) is 2.25. The number of hydrogen-bond acceptors (Lipinski definition) is 2. The van der Waals surface area contributed by atoms with Crippen LogP contribution in [0.15, 0.2) is 18.2 Å². The van der Waals surface area contributed by atoms with Crippen LogP contribution in [0.3, 0.4) is 0 Å². The van der Waals surface area contributed by atoms with E-state index in [4.69, 9.17) is 16.9 Å². The molecular formula is C10H9ClN2. The lowest BCUT2D eigenvalue weighted by atomic mass is 9.96. The van der Waals surface area contributed by atoms with Gasteiger partial charge in [0.25, 0.3) is 0 Å². The summed E-state index contributed by atoms with van der Waals surface area (Å²) in [5, 5.41) is 12.6. The smallest absolute Gasteiger partial charge is 0.101 e. The lowest BCUT2D eigenvalue weighted by Gasteiger charge is -2.28. The lowest BCUT2D eigenvalue weighted by molar-refractivity contribution is 0.383. The standard InChI is InChI=1S/C10H9ClN2/c11-10-7(6-12)2-1-3-8(10)9-4-5-13-9/h1-3,9,13H,4-5H2/t9-/m0/s1. The number of nitrogens with one attached hydrogen (secondary N) is 1. The van der Waals surface area contributed by atoms with E-state index in [1.165, 1.54) is 0 Å². The Hall–Kier alpha value is -1.04. The fourth-order valence-corrected chi connectivity index (χ4v) is 1.76. The molecule has 1 heterocycles. The average Bonchev–Trinajstić information content (AvgIpc) is 2.05. The van der Waals surface area contributed by atoms with Crippen molar-refractivity contribution >= 4 is 11.6 Å². The molecule has 0 unspecified atom stereocenters. The Balaban J connectivity index is 2.40. The third kappa shape index (κ3) is 1.41. The van der Waals surface area contributed by atoms with Gasteiger partial charge in [-0.15, -0.1) is 0 Å². The first-order valence-electron chi connectivity index (χ1n) is 4.25. The maximum absolute atomic E-state index is 8.76. The molecule has 1 aromatic carbocycles. The second-order valence-electron chi connectivity index (χ2n) is 3.12. The van der Waals surface area contributed by atoms with Gasteiger partial charge in [0.2, 0.25) is 0 Å². The van der Waals surface area contributed by atoms with E-state index in [1.807, 2.05) is 12.1 Å². The van der Waals surface area contributed by atoms with Crippen LogP contribution in [-0.2, 0) is 0 Å². The van der Waals surface area contributed by atoms with E-state index in [0.29, 0.717) is 16.6 Å². The Morgan fingerprint density at radius 3 is 2.85 bits per heavy atom. The Labute approximate surface area is 82.1 Å². The van der Waals surface area contributed by atoms with Crippen LogP contribution in [0.1, 0.15) is 23.6 Å². The molecule has 0 spiro atoms. The Morgan fingerprint density at radius 1 is 1.54 bits per heavy atom. The summed E-state index contributed by atoms with van der Waals surface area (Å²) >= 11 is 6.05. The molecule has 66 valence electrons. The molecule has 0 saturated carbocycles. The van der Waals surface area contributed by atoms with Gasteiger partial charge in [-0.05, 0) is 24.6 Å². The summed E-state index contributed by atoms with van der Waals surface area (Å²) in [4.78, 5) is 0. The molecule has 1 fully saturated rings. The highest BCUT2D eigenvalue weighted by Gasteiger charge is 2.21. The van der Waals surface area contributed by atoms with Crippen LogP contribution in [0.4, 0.5) is 0 Å². The van der Waals surface area contributed by atoms with E-state index >= 15 is 0 Å². The summed E-state index contributed by atoms with van der Waals surface area (Å²) in [6.07, 6.45) is 1.11. The third-order valence-corrected chi connectivity index (χ3v) is 2.77. The normalized spacial score (nSPS) is 20.5. The van der Waals surface area contributed by atoms with Gasteiger partial charge in [0.15, 0.2) is 0 Å². The number of halogens is 1. The highest BCUT2D eigenvalue weighted by atomic mass is 35.5. The van der Waals surface area contributed by atoms with Crippen LogP contribution in [0.25, 0.3) is 0 Å². The molecule has 3 heteroatoms. The minimum absolute atomic E-state index is 0.348. The van der Waals surface area contributed by atoms with E-state index in [2.05, 4.69) is 11.4 Å². The van der Waals surface area contributed by atoms with Crippen molar-refractivity contribution < 1.29 is 0 Å². The molecule has 0 radical (unpaired) electrons. The topological polar surface area (TPSA) is 35.8 Å². The van der Waals surface area contributed by atoms with Gasteiger partial charge in [0.05, 0.1) is 10.6 Å². The first-order valence-corrected chi connectivity index (χ1v) is 4.62. The van der Waals surface area contributed by atoms with E-state index in [-0.39, 0.29) is 0 Å². The van der Waals surface area contributed by atoms with Crippen LogP contribution in [-0.4, -0.2) is 6.54 Å². The Morgan fingerprint density at radius 2 is 2.31 bits per heavy atom. The predicted molar refractivity (Wildman–Crippen MR) is 51.5 cm³/mol. The molecule has 0 amide bonds. The first-order chi connectivity index (χ1) is 6.33. The zero-order chi connectivity index (χ0) is 9.26. The zero-order valence-electron chi connectivity index (χ0n) is 7.05. The molecule has 1 atom stereocenters. The first kappa shape index (κ1) is 8.55. The zero-order valence-corrected chi connectivity index (χ0v) is 7.80. The van der Waals surface area contributed by atoms with Crippen molar-refractivity contribution in [2.24, 2.45) is 0 Å². The highest BCUT2D eigenvalue weighted by molar-refractivity contribution is 6.32. The van der Waals surface area contributed by atoms with E-state index in [0.717, 1.165) is 18.5 Å². The molecule has 2 nitrogen and oxygen atoms in total. The minimum Gasteiger partial charge on any atom is -0.310 e. The van der Waals surface area contributed by atoms with E-state index in [9.17, 15) is 0 Å². The van der Waals surface area contributed by atoms with Crippen LogP contribution in [0.5, 0.6) is 0 Å². The third-order valence-electron chi connectivity index (χ3n) is 2.35.